The summed E-state index contributed by atoms with van der Waals surface area (Å²) in [6.45, 7) is 11.1. The summed E-state index contributed by atoms with van der Waals surface area (Å²) in [7, 11) is -0.345. The Bertz CT molecular complexity index is 540. The molecule has 3 fully saturated rings. The summed E-state index contributed by atoms with van der Waals surface area (Å²) in [5.41, 5.74) is 0. The summed E-state index contributed by atoms with van der Waals surface area (Å²) < 4.78 is 18.0. The van der Waals surface area contributed by atoms with Crippen molar-refractivity contribution in [2.45, 2.75) is 70.1 Å². The lowest BCUT2D eigenvalue weighted by Gasteiger charge is -2.48. The van der Waals surface area contributed by atoms with Gasteiger partial charge >= 0.3 is 5.97 Å². The second kappa shape index (κ2) is 5.64. The molecule has 24 heavy (non-hydrogen) atoms. The fraction of sp³-hybridized carbons (Fsp3) is 0.889. The van der Waals surface area contributed by atoms with Crippen molar-refractivity contribution >= 4 is 20.6 Å². The van der Waals surface area contributed by atoms with Gasteiger partial charge in [0.1, 0.15) is 6.29 Å². The van der Waals surface area contributed by atoms with Gasteiger partial charge < -0.3 is 18.7 Å². The van der Waals surface area contributed by atoms with Gasteiger partial charge in [0, 0.05) is 37.4 Å². The highest BCUT2D eigenvalue weighted by atomic mass is 28.4. The van der Waals surface area contributed by atoms with E-state index in [0.717, 1.165) is 12.7 Å². The molecule has 2 aliphatic carbocycles. The van der Waals surface area contributed by atoms with E-state index in [9.17, 15) is 9.59 Å². The molecule has 3 aliphatic rings. The third-order valence-electron chi connectivity index (χ3n) is 6.93. The quantitative estimate of drug-likeness (QED) is 0.441. The van der Waals surface area contributed by atoms with Crippen LogP contribution in [-0.2, 0) is 23.5 Å². The van der Waals surface area contributed by atoms with Gasteiger partial charge in [0.25, 0.3) is 0 Å². The van der Waals surface area contributed by atoms with Crippen molar-refractivity contribution in [1.29, 1.82) is 0 Å². The van der Waals surface area contributed by atoms with E-state index in [1.807, 2.05) is 0 Å². The molecular formula is C18H30O5Si. The number of aldehydes is 1. The fourth-order valence-electron chi connectivity index (χ4n) is 4.67. The minimum atomic E-state index is -1.95. The normalized spacial score (nSPS) is 41.9. The Morgan fingerprint density at radius 3 is 2.54 bits per heavy atom. The first-order valence-corrected chi connectivity index (χ1v) is 11.9. The number of esters is 1. The van der Waals surface area contributed by atoms with Crippen LogP contribution in [0, 0.1) is 23.7 Å². The van der Waals surface area contributed by atoms with E-state index in [1.54, 1.807) is 7.11 Å². The Hall–Kier alpha value is -0.723. The molecule has 0 unspecified atom stereocenters. The van der Waals surface area contributed by atoms with Crippen molar-refractivity contribution in [2.24, 2.45) is 23.7 Å². The molecule has 1 aliphatic heterocycles. The minimum absolute atomic E-state index is 0.00821. The summed E-state index contributed by atoms with van der Waals surface area (Å²) in [5.74, 6) is -1.47. The zero-order chi connectivity index (χ0) is 17.9. The van der Waals surface area contributed by atoms with Crippen molar-refractivity contribution in [1.82, 2.24) is 0 Å². The number of methoxy groups -OCH3 is 1. The number of carbonyl (C=O) groups is 2. The number of carbonyl (C=O) groups excluding carboxylic acids is 2. The van der Waals surface area contributed by atoms with Gasteiger partial charge in [0.2, 0.25) is 5.79 Å². The lowest BCUT2D eigenvalue weighted by molar-refractivity contribution is -0.246. The van der Waals surface area contributed by atoms with Gasteiger partial charge in [-0.15, -0.1) is 0 Å². The Morgan fingerprint density at radius 1 is 1.33 bits per heavy atom. The van der Waals surface area contributed by atoms with E-state index in [1.165, 1.54) is 0 Å². The molecular weight excluding hydrogens is 324 g/mol. The molecule has 0 N–H and O–H groups in total. The molecule has 5 nitrogen and oxygen atoms in total. The summed E-state index contributed by atoms with van der Waals surface area (Å²) in [6, 6.07) is 0. The van der Waals surface area contributed by atoms with Gasteiger partial charge in [-0.05, 0) is 31.0 Å². The van der Waals surface area contributed by atoms with Gasteiger partial charge in [-0.1, -0.05) is 20.8 Å². The van der Waals surface area contributed by atoms with Gasteiger partial charge in [-0.25, -0.2) is 0 Å². The lowest BCUT2D eigenvalue weighted by atomic mass is 9.71. The van der Waals surface area contributed by atoms with Crippen LogP contribution in [0.4, 0.5) is 0 Å². The molecule has 0 aromatic rings. The van der Waals surface area contributed by atoms with Gasteiger partial charge in [-0.3, -0.25) is 4.79 Å². The van der Waals surface area contributed by atoms with Gasteiger partial charge in [0.15, 0.2) is 8.32 Å². The van der Waals surface area contributed by atoms with Gasteiger partial charge in [0.05, 0.1) is 5.92 Å². The molecule has 6 atom stereocenters. The number of ether oxygens (including phenoxy) is 2. The fourth-order valence-corrected chi connectivity index (χ4v) is 6.05. The molecule has 1 heterocycles. The van der Waals surface area contributed by atoms with E-state index in [-0.39, 0.29) is 40.8 Å². The standard InChI is InChI=1S/C18H30O5Si/c1-17(2,3)24(5,6)23-13-7-8-18(21-4)15-12(16(20)22-18)9-11(10-19)14(13)15/h10-15H,7-9H2,1-6H3/t11-,12-,13-,14-,15-,18+/m1/s1. The lowest BCUT2D eigenvalue weighted by Crippen LogP contribution is -2.54. The largest absolute Gasteiger partial charge is 0.432 e. The van der Waals surface area contributed by atoms with Crippen LogP contribution in [0.3, 0.4) is 0 Å². The van der Waals surface area contributed by atoms with Crippen LogP contribution in [-0.4, -0.2) is 39.6 Å². The molecule has 0 aromatic carbocycles. The highest BCUT2D eigenvalue weighted by Gasteiger charge is 2.68. The third kappa shape index (κ3) is 2.49. The van der Waals surface area contributed by atoms with Crippen LogP contribution in [0.1, 0.15) is 40.0 Å². The molecule has 0 radical (unpaired) electrons. The van der Waals surface area contributed by atoms with E-state index in [2.05, 4.69) is 33.9 Å². The van der Waals surface area contributed by atoms with Gasteiger partial charge in [-0.2, -0.15) is 0 Å². The van der Waals surface area contributed by atoms with Crippen LogP contribution in [0.15, 0.2) is 0 Å². The maximum Gasteiger partial charge on any atom is 0.312 e. The zero-order valence-electron chi connectivity index (χ0n) is 15.6. The highest BCUT2D eigenvalue weighted by Crippen LogP contribution is 2.60. The zero-order valence-corrected chi connectivity index (χ0v) is 16.6. The van der Waals surface area contributed by atoms with Crippen molar-refractivity contribution in [3.05, 3.63) is 0 Å². The minimum Gasteiger partial charge on any atom is -0.432 e. The Morgan fingerprint density at radius 2 is 2.00 bits per heavy atom. The maximum atomic E-state index is 12.3. The van der Waals surface area contributed by atoms with Crippen LogP contribution in [0.25, 0.3) is 0 Å². The summed E-state index contributed by atoms with van der Waals surface area (Å²) >= 11 is 0. The van der Waals surface area contributed by atoms with Crippen molar-refractivity contribution in [3.8, 4) is 0 Å². The molecule has 0 bridgehead atoms. The SMILES string of the molecule is CO[C@]12CC[C@@H](O[Si](C)(C)C(C)(C)C)[C@@H]3[C@H]1[C@@H](C[C@@H]3C=O)C(=O)O2. The highest BCUT2D eigenvalue weighted by molar-refractivity contribution is 6.74. The predicted octanol–water partition coefficient (Wildman–Crippen LogP) is 3.14. The first-order chi connectivity index (χ1) is 11.1. The molecule has 3 rings (SSSR count). The van der Waals surface area contributed by atoms with Crippen molar-refractivity contribution < 1.29 is 23.5 Å². The first kappa shape index (κ1) is 18.1. The number of hydrogen-bond donors (Lipinski definition) is 0. The number of hydrogen-bond acceptors (Lipinski definition) is 5. The Kier molecular flexibility index (Phi) is 4.25. The number of rotatable bonds is 4. The van der Waals surface area contributed by atoms with E-state index >= 15 is 0 Å². The van der Waals surface area contributed by atoms with Crippen molar-refractivity contribution in [2.75, 3.05) is 7.11 Å². The Labute approximate surface area is 145 Å². The van der Waals surface area contributed by atoms with Crippen molar-refractivity contribution in [3.63, 3.8) is 0 Å². The first-order valence-electron chi connectivity index (χ1n) is 8.97. The monoisotopic (exact) mass is 354 g/mol. The van der Waals surface area contributed by atoms with Crippen LogP contribution < -0.4 is 0 Å². The topological polar surface area (TPSA) is 61.8 Å². The second-order valence-corrected chi connectivity index (χ2v) is 13.9. The molecule has 2 saturated carbocycles. The van der Waals surface area contributed by atoms with Crippen LogP contribution >= 0.6 is 0 Å². The molecule has 0 aromatic heterocycles. The van der Waals surface area contributed by atoms with E-state index in [4.69, 9.17) is 13.9 Å². The average molecular weight is 355 g/mol. The molecule has 136 valence electrons. The molecule has 6 heteroatoms. The van der Waals surface area contributed by atoms with Crippen LogP contribution in [0.5, 0.6) is 0 Å². The summed E-state index contributed by atoms with van der Waals surface area (Å²) in [6.07, 6.45) is 3.02. The Balaban J connectivity index is 1.93. The van der Waals surface area contributed by atoms with E-state index < -0.39 is 14.1 Å². The predicted molar refractivity (Wildman–Crippen MR) is 91.8 cm³/mol. The molecule has 1 saturated heterocycles. The maximum absolute atomic E-state index is 12.3. The summed E-state index contributed by atoms with van der Waals surface area (Å²) in [5, 5.41) is 0.111. The third-order valence-corrected chi connectivity index (χ3v) is 11.4. The molecule has 0 amide bonds. The molecule has 0 spiro atoms. The average Bonchev–Trinajstić information content (AvgIpc) is 3.00. The summed E-state index contributed by atoms with van der Waals surface area (Å²) in [4.78, 5) is 24.0. The smallest absolute Gasteiger partial charge is 0.312 e. The van der Waals surface area contributed by atoms with E-state index in [0.29, 0.717) is 12.8 Å². The van der Waals surface area contributed by atoms with Crippen LogP contribution in [0.2, 0.25) is 18.1 Å². The second-order valence-electron chi connectivity index (χ2n) is 9.14.